The molecule has 0 spiro atoms. The lowest BCUT2D eigenvalue weighted by atomic mass is 10.1. The molecule has 0 saturated heterocycles. The predicted octanol–water partition coefficient (Wildman–Crippen LogP) is -0.167. The third-order valence-corrected chi connectivity index (χ3v) is 3.31. The molecule has 23 heavy (non-hydrogen) atoms. The minimum atomic E-state index is -0.622. The van der Waals surface area contributed by atoms with Crippen LogP contribution in [0.1, 0.15) is 33.1 Å². The van der Waals surface area contributed by atoms with E-state index < -0.39 is 11.2 Å². The average molecular weight is 326 g/mol. The Hall–Kier alpha value is -2.58. The van der Waals surface area contributed by atoms with E-state index in [1.165, 1.54) is 14.0 Å². The summed E-state index contributed by atoms with van der Waals surface area (Å²) in [4.78, 5) is 49.1. The van der Waals surface area contributed by atoms with Crippen molar-refractivity contribution >= 4 is 23.9 Å². The van der Waals surface area contributed by atoms with Gasteiger partial charge in [-0.05, 0) is 26.2 Å². The number of anilines is 2. The fourth-order valence-corrected chi connectivity index (χ4v) is 2.22. The number of carbonyl (C=O) groups excluding carboxylic acids is 2. The molecule has 1 amide bonds. The first-order chi connectivity index (χ1) is 10.8. The summed E-state index contributed by atoms with van der Waals surface area (Å²) in [5.74, 6) is -0.487. The van der Waals surface area contributed by atoms with Gasteiger partial charge in [-0.2, -0.15) is 0 Å². The molecule has 9 heteroatoms. The molecule has 3 N–H and O–H groups in total. The summed E-state index contributed by atoms with van der Waals surface area (Å²) in [5.41, 5.74) is 4.29. The van der Waals surface area contributed by atoms with E-state index in [-0.39, 0.29) is 30.1 Å². The van der Waals surface area contributed by atoms with Crippen LogP contribution in [0.3, 0.4) is 0 Å². The summed E-state index contributed by atoms with van der Waals surface area (Å²) in [6, 6.07) is 0. The molecule has 1 atom stereocenters. The molecular weight excluding hydrogens is 304 g/mol. The smallest absolute Gasteiger partial charge is 0.330 e. The van der Waals surface area contributed by atoms with Crippen molar-refractivity contribution in [2.45, 2.75) is 45.8 Å². The van der Waals surface area contributed by atoms with Crippen molar-refractivity contribution in [1.29, 1.82) is 0 Å². The third kappa shape index (κ3) is 4.97. The van der Waals surface area contributed by atoms with Gasteiger partial charge in [-0.25, -0.2) is 4.79 Å². The van der Waals surface area contributed by atoms with E-state index in [0.29, 0.717) is 25.7 Å². The Kier molecular flexibility index (Phi) is 6.55. The lowest BCUT2D eigenvalue weighted by Crippen LogP contribution is -2.39. The minimum Gasteiger partial charge on any atom is -0.463 e. The van der Waals surface area contributed by atoms with Gasteiger partial charge in [0.2, 0.25) is 6.41 Å². The van der Waals surface area contributed by atoms with Crippen molar-refractivity contribution in [2.24, 2.45) is 0 Å². The molecule has 1 rings (SSSR count). The molecule has 1 aromatic heterocycles. The fraction of sp³-hybridized carbons (Fsp3) is 0.571. The second kappa shape index (κ2) is 8.16. The van der Waals surface area contributed by atoms with Crippen LogP contribution in [-0.4, -0.2) is 35.1 Å². The first kappa shape index (κ1) is 18.5. The molecule has 1 aromatic rings. The van der Waals surface area contributed by atoms with E-state index in [4.69, 9.17) is 10.5 Å². The minimum absolute atomic E-state index is 0.0621. The third-order valence-electron chi connectivity index (χ3n) is 3.31. The van der Waals surface area contributed by atoms with Gasteiger partial charge in [0.05, 0.1) is 6.10 Å². The number of carbonyl (C=O) groups is 2. The lowest BCUT2D eigenvalue weighted by molar-refractivity contribution is -0.145. The zero-order valence-corrected chi connectivity index (χ0v) is 13.5. The highest BCUT2D eigenvalue weighted by atomic mass is 16.5. The van der Waals surface area contributed by atoms with Crippen molar-refractivity contribution in [3.63, 3.8) is 0 Å². The van der Waals surface area contributed by atoms with Crippen LogP contribution in [0.5, 0.6) is 0 Å². The van der Waals surface area contributed by atoms with Crippen molar-refractivity contribution in [3.05, 3.63) is 20.8 Å². The number of hydrogen-bond donors (Lipinski definition) is 2. The topological polar surface area (TPSA) is 127 Å². The van der Waals surface area contributed by atoms with Gasteiger partial charge >= 0.3 is 11.7 Å². The maximum atomic E-state index is 12.3. The Balaban J connectivity index is 2.78. The van der Waals surface area contributed by atoms with Crippen LogP contribution in [0.2, 0.25) is 0 Å². The first-order valence-corrected chi connectivity index (χ1v) is 7.25. The van der Waals surface area contributed by atoms with Gasteiger partial charge in [0.1, 0.15) is 5.82 Å². The number of aromatic nitrogens is 2. The molecule has 1 heterocycles. The Morgan fingerprint density at radius 1 is 1.43 bits per heavy atom. The van der Waals surface area contributed by atoms with Gasteiger partial charge in [-0.3, -0.25) is 23.9 Å². The van der Waals surface area contributed by atoms with Crippen LogP contribution in [0.15, 0.2) is 9.59 Å². The molecule has 0 radical (unpaired) electrons. The zero-order valence-electron chi connectivity index (χ0n) is 13.5. The Morgan fingerprint density at radius 3 is 2.65 bits per heavy atom. The van der Waals surface area contributed by atoms with Crippen molar-refractivity contribution in [1.82, 2.24) is 9.55 Å². The van der Waals surface area contributed by atoms with E-state index in [1.54, 1.807) is 6.92 Å². The SMILES string of the molecule is CC(=O)OC(C)CCCCn1c(=O)[nH]c(N)c(N(C)C=O)c1=O. The number of H-pyrrole nitrogens is 1. The quantitative estimate of drug-likeness (QED) is 0.388. The van der Waals surface area contributed by atoms with Gasteiger partial charge in [-0.1, -0.05) is 0 Å². The Morgan fingerprint density at radius 2 is 2.09 bits per heavy atom. The van der Waals surface area contributed by atoms with E-state index in [0.717, 1.165) is 9.47 Å². The average Bonchev–Trinajstić information content (AvgIpc) is 2.44. The van der Waals surface area contributed by atoms with Crippen molar-refractivity contribution in [3.8, 4) is 0 Å². The monoisotopic (exact) mass is 326 g/mol. The molecule has 1 unspecified atom stereocenters. The molecule has 9 nitrogen and oxygen atoms in total. The van der Waals surface area contributed by atoms with E-state index >= 15 is 0 Å². The summed E-state index contributed by atoms with van der Waals surface area (Å²) in [7, 11) is 1.38. The molecule has 0 fully saturated rings. The Bertz CT molecular complexity index is 679. The van der Waals surface area contributed by atoms with Crippen LogP contribution >= 0.6 is 0 Å². The van der Waals surface area contributed by atoms with Crippen LogP contribution in [0, 0.1) is 0 Å². The largest absolute Gasteiger partial charge is 0.463 e. The number of aromatic amines is 1. The summed E-state index contributed by atoms with van der Waals surface area (Å²) in [6.07, 6.45) is 2.07. The normalized spacial score (nSPS) is 11.8. The number of unbranched alkanes of at least 4 members (excludes halogenated alkanes) is 1. The van der Waals surface area contributed by atoms with Crippen LogP contribution in [-0.2, 0) is 20.9 Å². The molecule has 0 aliphatic rings. The second-order valence-corrected chi connectivity index (χ2v) is 5.28. The van der Waals surface area contributed by atoms with Gasteiger partial charge < -0.3 is 15.4 Å². The zero-order chi connectivity index (χ0) is 17.6. The molecule has 0 aliphatic carbocycles. The number of nitrogen functional groups attached to an aromatic ring is 1. The summed E-state index contributed by atoms with van der Waals surface area (Å²) < 4.78 is 6.00. The fourth-order valence-electron chi connectivity index (χ4n) is 2.22. The number of hydrogen-bond acceptors (Lipinski definition) is 6. The van der Waals surface area contributed by atoms with Crippen molar-refractivity contribution in [2.75, 3.05) is 17.7 Å². The van der Waals surface area contributed by atoms with Crippen molar-refractivity contribution < 1.29 is 14.3 Å². The molecule has 0 aromatic carbocycles. The number of nitrogens with two attached hydrogens (primary N) is 1. The summed E-state index contributed by atoms with van der Waals surface area (Å²) >= 11 is 0. The maximum Gasteiger partial charge on any atom is 0.330 e. The number of nitrogens with zero attached hydrogens (tertiary/aromatic N) is 2. The number of esters is 1. The highest BCUT2D eigenvalue weighted by Crippen LogP contribution is 2.11. The molecule has 128 valence electrons. The number of rotatable bonds is 8. The lowest BCUT2D eigenvalue weighted by Gasteiger charge is -2.15. The second-order valence-electron chi connectivity index (χ2n) is 5.28. The van der Waals surface area contributed by atoms with Gasteiger partial charge in [0.25, 0.3) is 5.56 Å². The van der Waals surface area contributed by atoms with E-state index in [2.05, 4.69) is 4.98 Å². The first-order valence-electron chi connectivity index (χ1n) is 7.25. The predicted molar refractivity (Wildman–Crippen MR) is 85.3 cm³/mol. The summed E-state index contributed by atoms with van der Waals surface area (Å²) in [5, 5.41) is 0. The Labute approximate surface area is 133 Å². The molecule has 0 bridgehead atoms. The van der Waals surface area contributed by atoms with E-state index in [1.807, 2.05) is 0 Å². The van der Waals surface area contributed by atoms with Gasteiger partial charge in [0, 0.05) is 20.5 Å². The standard InChI is InChI=1S/C14H22N4O5/c1-9(23-10(2)20)6-4-5-7-18-13(21)11(17(3)8-19)12(15)16-14(18)22/h8-9H,4-7,15H2,1-3H3,(H,16,22). The van der Waals surface area contributed by atoms with Crippen LogP contribution < -0.4 is 21.9 Å². The van der Waals surface area contributed by atoms with Gasteiger partial charge in [0.15, 0.2) is 5.69 Å². The number of nitrogens with one attached hydrogen (secondary N) is 1. The van der Waals surface area contributed by atoms with Gasteiger partial charge in [-0.15, -0.1) is 0 Å². The summed E-state index contributed by atoms with van der Waals surface area (Å²) in [6.45, 7) is 3.30. The number of amides is 1. The van der Waals surface area contributed by atoms with Crippen LogP contribution in [0.25, 0.3) is 0 Å². The molecule has 0 aliphatic heterocycles. The highest BCUT2D eigenvalue weighted by Gasteiger charge is 2.15. The highest BCUT2D eigenvalue weighted by molar-refractivity contribution is 5.79. The maximum absolute atomic E-state index is 12.3. The van der Waals surface area contributed by atoms with E-state index in [9.17, 15) is 19.2 Å². The number of ether oxygens (including phenoxy) is 1. The molecule has 0 saturated carbocycles. The van der Waals surface area contributed by atoms with Crippen LogP contribution in [0.4, 0.5) is 11.5 Å². The molecular formula is C14H22N4O5.